The number of hydrogen-bond donors (Lipinski definition) is 1. The van der Waals surface area contributed by atoms with E-state index in [1.807, 2.05) is 36.4 Å². The maximum Gasteiger partial charge on any atom is 0.234 e. The average Bonchev–Trinajstić information content (AvgIpc) is 2.64. The molecule has 0 saturated carbocycles. The van der Waals surface area contributed by atoms with Crippen LogP contribution in [0, 0.1) is 0 Å². The molecule has 132 valence electrons. The summed E-state index contributed by atoms with van der Waals surface area (Å²) in [4.78, 5) is 15.1. The van der Waals surface area contributed by atoms with Gasteiger partial charge in [-0.3, -0.25) is 9.69 Å². The molecule has 0 aromatic heterocycles. The summed E-state index contributed by atoms with van der Waals surface area (Å²) in [6, 6.07) is 21.2. The Bertz CT molecular complexity index is 621. The molecule has 25 heavy (non-hydrogen) atoms. The van der Waals surface area contributed by atoms with E-state index >= 15 is 0 Å². The van der Waals surface area contributed by atoms with Gasteiger partial charge in [0.1, 0.15) is 0 Å². The molecule has 1 aliphatic heterocycles. The van der Waals surface area contributed by atoms with E-state index in [1.54, 1.807) is 0 Å². The molecule has 0 spiro atoms. The molecule has 1 aliphatic rings. The van der Waals surface area contributed by atoms with Crippen LogP contribution in [0.5, 0.6) is 0 Å². The van der Waals surface area contributed by atoms with Crippen molar-refractivity contribution in [3.05, 3.63) is 71.8 Å². The van der Waals surface area contributed by atoms with Crippen molar-refractivity contribution < 1.29 is 4.79 Å². The Labute approximate surface area is 151 Å². The standard InChI is InChI=1S/C22H28N2O/c1-17-10-9-11-18(2)24(17)16-21(25)23-22(19-12-5-3-6-13-19)20-14-7-4-8-15-20/h3-8,12-15,17-18,22H,9-11,16H2,1-2H3,(H,23,25)/t17-,18+. The van der Waals surface area contributed by atoms with Gasteiger partial charge >= 0.3 is 0 Å². The van der Waals surface area contributed by atoms with Gasteiger partial charge in [-0.2, -0.15) is 0 Å². The van der Waals surface area contributed by atoms with E-state index in [2.05, 4.69) is 48.3 Å². The molecular weight excluding hydrogens is 308 g/mol. The molecule has 1 saturated heterocycles. The van der Waals surface area contributed by atoms with Crippen molar-refractivity contribution in [1.82, 2.24) is 10.2 Å². The molecule has 0 bridgehead atoms. The van der Waals surface area contributed by atoms with E-state index in [1.165, 1.54) is 19.3 Å². The molecule has 0 unspecified atom stereocenters. The monoisotopic (exact) mass is 336 g/mol. The maximum absolute atomic E-state index is 12.8. The lowest BCUT2D eigenvalue weighted by Gasteiger charge is -2.38. The van der Waals surface area contributed by atoms with Crippen molar-refractivity contribution in [2.45, 2.75) is 51.2 Å². The van der Waals surface area contributed by atoms with Crippen molar-refractivity contribution in [1.29, 1.82) is 0 Å². The van der Waals surface area contributed by atoms with Crippen molar-refractivity contribution in [2.24, 2.45) is 0 Å². The zero-order chi connectivity index (χ0) is 17.6. The first-order chi connectivity index (χ1) is 12.1. The molecule has 1 amide bonds. The number of nitrogens with zero attached hydrogens (tertiary/aromatic N) is 1. The van der Waals surface area contributed by atoms with Crippen LogP contribution in [0.15, 0.2) is 60.7 Å². The molecule has 2 aromatic carbocycles. The predicted octanol–water partition coefficient (Wildman–Crippen LogP) is 4.16. The second kappa shape index (κ2) is 8.30. The maximum atomic E-state index is 12.8. The van der Waals surface area contributed by atoms with Crippen LogP contribution in [-0.4, -0.2) is 29.4 Å². The number of rotatable bonds is 5. The topological polar surface area (TPSA) is 32.3 Å². The van der Waals surface area contributed by atoms with Gasteiger partial charge in [0, 0.05) is 12.1 Å². The highest BCUT2D eigenvalue weighted by atomic mass is 16.2. The normalized spacial score (nSPS) is 21.2. The highest BCUT2D eigenvalue weighted by Gasteiger charge is 2.27. The van der Waals surface area contributed by atoms with E-state index in [9.17, 15) is 4.79 Å². The Kier molecular flexibility index (Phi) is 5.87. The van der Waals surface area contributed by atoms with Gasteiger partial charge in [-0.15, -0.1) is 0 Å². The van der Waals surface area contributed by atoms with Crippen molar-refractivity contribution >= 4 is 5.91 Å². The molecule has 0 radical (unpaired) electrons. The summed E-state index contributed by atoms with van der Waals surface area (Å²) >= 11 is 0. The number of carbonyl (C=O) groups is 1. The summed E-state index contributed by atoms with van der Waals surface area (Å²) in [7, 11) is 0. The largest absolute Gasteiger partial charge is 0.344 e. The third-order valence-corrected chi connectivity index (χ3v) is 5.27. The van der Waals surface area contributed by atoms with Crippen LogP contribution in [0.3, 0.4) is 0 Å². The second-order valence-electron chi connectivity index (χ2n) is 7.12. The van der Waals surface area contributed by atoms with Crippen molar-refractivity contribution in [3.8, 4) is 0 Å². The van der Waals surface area contributed by atoms with Crippen molar-refractivity contribution in [2.75, 3.05) is 6.54 Å². The van der Waals surface area contributed by atoms with E-state index in [-0.39, 0.29) is 11.9 Å². The van der Waals surface area contributed by atoms with E-state index in [0.717, 1.165) is 11.1 Å². The van der Waals surface area contributed by atoms with Crippen LogP contribution >= 0.6 is 0 Å². The van der Waals surface area contributed by atoms with Gasteiger partial charge in [-0.05, 0) is 37.8 Å². The van der Waals surface area contributed by atoms with Crippen LogP contribution in [0.2, 0.25) is 0 Å². The first-order valence-electron chi connectivity index (χ1n) is 9.30. The van der Waals surface area contributed by atoms with Gasteiger partial charge in [0.25, 0.3) is 0 Å². The minimum absolute atomic E-state index is 0.0957. The van der Waals surface area contributed by atoms with Gasteiger partial charge in [0.2, 0.25) is 5.91 Å². The summed E-state index contributed by atoms with van der Waals surface area (Å²) in [5.74, 6) is 0.0957. The van der Waals surface area contributed by atoms with Crippen molar-refractivity contribution in [3.63, 3.8) is 0 Å². The minimum Gasteiger partial charge on any atom is -0.344 e. The summed E-state index contributed by atoms with van der Waals surface area (Å²) in [6.07, 6.45) is 3.62. The second-order valence-corrected chi connectivity index (χ2v) is 7.12. The van der Waals surface area contributed by atoms with Crippen LogP contribution in [0.1, 0.15) is 50.3 Å². The van der Waals surface area contributed by atoms with Gasteiger partial charge in [-0.25, -0.2) is 0 Å². The van der Waals surface area contributed by atoms with Crippen LogP contribution in [0.4, 0.5) is 0 Å². The summed E-state index contributed by atoms with van der Waals surface area (Å²) in [6.45, 7) is 4.93. The quantitative estimate of drug-likeness (QED) is 0.889. The Morgan fingerprint density at radius 2 is 1.44 bits per heavy atom. The highest BCUT2D eigenvalue weighted by Crippen LogP contribution is 2.24. The third kappa shape index (κ3) is 4.49. The van der Waals surface area contributed by atoms with E-state index in [0.29, 0.717) is 18.6 Å². The highest BCUT2D eigenvalue weighted by molar-refractivity contribution is 5.79. The molecule has 3 heteroatoms. The molecule has 1 heterocycles. The van der Waals surface area contributed by atoms with Gasteiger partial charge in [-0.1, -0.05) is 67.1 Å². The lowest BCUT2D eigenvalue weighted by Crippen LogP contribution is -2.49. The van der Waals surface area contributed by atoms with Crippen LogP contribution in [-0.2, 0) is 4.79 Å². The smallest absolute Gasteiger partial charge is 0.234 e. The van der Waals surface area contributed by atoms with E-state index in [4.69, 9.17) is 0 Å². The average molecular weight is 336 g/mol. The lowest BCUT2D eigenvalue weighted by molar-refractivity contribution is -0.124. The zero-order valence-electron chi connectivity index (χ0n) is 15.2. The number of piperidine rings is 1. The molecular formula is C22H28N2O. The van der Waals surface area contributed by atoms with Gasteiger partial charge in [0.05, 0.1) is 12.6 Å². The Morgan fingerprint density at radius 3 is 1.92 bits per heavy atom. The molecule has 3 nitrogen and oxygen atoms in total. The molecule has 1 fully saturated rings. The SMILES string of the molecule is C[C@@H]1CCC[C@H](C)N1CC(=O)NC(c1ccccc1)c1ccccc1. The number of likely N-dealkylation sites (tertiary alicyclic amines) is 1. The van der Waals surface area contributed by atoms with Gasteiger partial charge < -0.3 is 5.32 Å². The fourth-order valence-corrected chi connectivity index (χ4v) is 3.81. The third-order valence-electron chi connectivity index (χ3n) is 5.27. The van der Waals surface area contributed by atoms with E-state index < -0.39 is 0 Å². The molecule has 1 N–H and O–H groups in total. The number of hydrogen-bond acceptors (Lipinski definition) is 2. The van der Waals surface area contributed by atoms with Gasteiger partial charge in [0.15, 0.2) is 0 Å². The molecule has 3 rings (SSSR count). The van der Waals surface area contributed by atoms with Crippen LogP contribution < -0.4 is 5.32 Å². The first-order valence-corrected chi connectivity index (χ1v) is 9.30. The number of benzene rings is 2. The summed E-state index contributed by atoms with van der Waals surface area (Å²) in [5.41, 5.74) is 2.23. The fourth-order valence-electron chi connectivity index (χ4n) is 3.81. The number of nitrogens with one attached hydrogen (secondary N) is 1. The lowest BCUT2D eigenvalue weighted by atomic mass is 9.97. The molecule has 2 atom stereocenters. The first kappa shape index (κ1) is 17.7. The summed E-state index contributed by atoms with van der Waals surface area (Å²) in [5, 5.41) is 3.26. The zero-order valence-corrected chi connectivity index (χ0v) is 15.2. The molecule has 0 aliphatic carbocycles. The predicted molar refractivity (Wildman–Crippen MR) is 102 cm³/mol. The Balaban J connectivity index is 1.75. The number of amides is 1. The van der Waals surface area contributed by atoms with Crippen LogP contribution in [0.25, 0.3) is 0 Å². The Hall–Kier alpha value is -2.13. The summed E-state index contributed by atoms with van der Waals surface area (Å²) < 4.78 is 0. The fraction of sp³-hybridized carbons (Fsp3) is 0.409. The minimum atomic E-state index is -0.106. The Morgan fingerprint density at radius 1 is 0.960 bits per heavy atom. The number of carbonyl (C=O) groups excluding carboxylic acids is 1. The molecule has 2 aromatic rings.